The highest BCUT2D eigenvalue weighted by molar-refractivity contribution is 5.17. The van der Waals surface area contributed by atoms with Gasteiger partial charge in [-0.3, -0.25) is 0 Å². The van der Waals surface area contributed by atoms with Gasteiger partial charge in [0, 0.05) is 17.8 Å². The molecule has 2 fully saturated rings. The van der Waals surface area contributed by atoms with Crippen LogP contribution in [0.1, 0.15) is 26.7 Å². The molecule has 1 saturated carbocycles. The minimum atomic E-state index is 0.671. The van der Waals surface area contributed by atoms with Crippen LogP contribution in [0.15, 0.2) is 12.3 Å². The first-order chi connectivity index (χ1) is 4.70. The van der Waals surface area contributed by atoms with Gasteiger partial charge in [-0.05, 0) is 32.6 Å². The van der Waals surface area contributed by atoms with Crippen molar-refractivity contribution in [3.63, 3.8) is 0 Å². The molecule has 1 aliphatic heterocycles. The summed E-state index contributed by atoms with van der Waals surface area (Å²) in [6.07, 6.45) is 2.69. The van der Waals surface area contributed by atoms with Crippen molar-refractivity contribution in [3.8, 4) is 0 Å². The van der Waals surface area contributed by atoms with Gasteiger partial charge in [0.05, 0.1) is 0 Å². The Morgan fingerprint density at radius 3 is 2.60 bits per heavy atom. The van der Waals surface area contributed by atoms with Gasteiger partial charge in [0.25, 0.3) is 0 Å². The molecule has 1 nitrogen and oxygen atoms in total. The fourth-order valence-electron chi connectivity index (χ4n) is 2.18. The highest BCUT2D eigenvalue weighted by atomic mass is 15.3. The van der Waals surface area contributed by atoms with Crippen molar-refractivity contribution in [1.29, 1.82) is 0 Å². The minimum absolute atomic E-state index is 0.671. The molecule has 2 atom stereocenters. The van der Waals surface area contributed by atoms with Gasteiger partial charge in [0.1, 0.15) is 0 Å². The number of piperidine rings is 1. The first kappa shape index (κ1) is 6.26. The highest BCUT2D eigenvalue weighted by Crippen LogP contribution is 2.49. The number of likely N-dealkylation sites (tertiary alicyclic amines) is 1. The molecule has 0 radical (unpaired) electrons. The molecule has 0 aromatic carbocycles. The Labute approximate surface area is 62.7 Å². The SMILES string of the molecule is C=C1CC2CC2N1C(C)C. The number of fused-ring (bicyclic) bond motifs is 1. The normalized spacial score (nSPS) is 37.1. The Hall–Kier alpha value is -0.460. The number of hydrogen-bond acceptors (Lipinski definition) is 1. The Bertz CT molecular complexity index is 172. The van der Waals surface area contributed by atoms with Gasteiger partial charge in [-0.15, -0.1) is 0 Å². The van der Waals surface area contributed by atoms with Crippen LogP contribution in [0.25, 0.3) is 0 Å². The predicted octanol–water partition coefficient (Wildman–Crippen LogP) is 2.00. The second kappa shape index (κ2) is 1.77. The van der Waals surface area contributed by atoms with E-state index in [9.17, 15) is 0 Å². The van der Waals surface area contributed by atoms with E-state index in [4.69, 9.17) is 0 Å². The quantitative estimate of drug-likeness (QED) is 0.534. The lowest BCUT2D eigenvalue weighted by Crippen LogP contribution is -2.28. The molecule has 2 rings (SSSR count). The number of allylic oxidation sites excluding steroid dienone is 1. The van der Waals surface area contributed by atoms with Crippen LogP contribution in [0, 0.1) is 5.92 Å². The second-order valence-corrected chi connectivity index (χ2v) is 3.83. The lowest BCUT2D eigenvalue weighted by Gasteiger charge is -2.26. The summed E-state index contributed by atoms with van der Waals surface area (Å²) in [5, 5.41) is 0. The van der Waals surface area contributed by atoms with Crippen molar-refractivity contribution >= 4 is 0 Å². The van der Waals surface area contributed by atoms with Gasteiger partial charge in [0.15, 0.2) is 0 Å². The van der Waals surface area contributed by atoms with Crippen molar-refractivity contribution < 1.29 is 0 Å². The molecule has 1 saturated heterocycles. The Balaban J connectivity index is 2.12. The summed E-state index contributed by atoms with van der Waals surface area (Å²) < 4.78 is 0. The van der Waals surface area contributed by atoms with E-state index in [2.05, 4.69) is 25.3 Å². The Morgan fingerprint density at radius 2 is 2.30 bits per heavy atom. The van der Waals surface area contributed by atoms with Crippen molar-refractivity contribution in [2.45, 2.75) is 38.8 Å². The molecule has 56 valence electrons. The summed E-state index contributed by atoms with van der Waals surface area (Å²) in [5.74, 6) is 0.981. The second-order valence-electron chi connectivity index (χ2n) is 3.83. The van der Waals surface area contributed by atoms with Gasteiger partial charge >= 0.3 is 0 Å². The first-order valence-corrected chi connectivity index (χ1v) is 4.16. The van der Waals surface area contributed by atoms with Crippen LogP contribution in [0.3, 0.4) is 0 Å². The molecule has 0 aromatic rings. The molecular weight excluding hydrogens is 122 g/mol. The monoisotopic (exact) mass is 137 g/mol. The van der Waals surface area contributed by atoms with Crippen LogP contribution >= 0.6 is 0 Å². The van der Waals surface area contributed by atoms with Crippen LogP contribution in [0.5, 0.6) is 0 Å². The fraction of sp³-hybridized carbons (Fsp3) is 0.778. The molecule has 1 heterocycles. The van der Waals surface area contributed by atoms with Gasteiger partial charge in [0.2, 0.25) is 0 Å². The summed E-state index contributed by atoms with van der Waals surface area (Å²) in [6, 6.07) is 1.55. The van der Waals surface area contributed by atoms with E-state index < -0.39 is 0 Å². The van der Waals surface area contributed by atoms with Gasteiger partial charge in [-0.1, -0.05) is 6.58 Å². The largest absolute Gasteiger partial charge is 0.370 e. The molecule has 1 aliphatic carbocycles. The summed E-state index contributed by atoms with van der Waals surface area (Å²) in [7, 11) is 0. The van der Waals surface area contributed by atoms with Crippen molar-refractivity contribution in [1.82, 2.24) is 4.90 Å². The maximum atomic E-state index is 4.06. The van der Waals surface area contributed by atoms with E-state index in [1.807, 2.05) is 0 Å². The number of rotatable bonds is 1. The molecule has 0 bridgehead atoms. The van der Waals surface area contributed by atoms with Crippen molar-refractivity contribution in [2.24, 2.45) is 5.92 Å². The highest BCUT2D eigenvalue weighted by Gasteiger charge is 2.49. The lowest BCUT2D eigenvalue weighted by atomic mass is 10.2. The number of hydrogen-bond donors (Lipinski definition) is 0. The zero-order chi connectivity index (χ0) is 7.30. The van der Waals surface area contributed by atoms with Gasteiger partial charge in [-0.25, -0.2) is 0 Å². The molecule has 0 amide bonds. The van der Waals surface area contributed by atoms with Crippen LogP contribution in [0.2, 0.25) is 0 Å². The summed E-state index contributed by atoms with van der Waals surface area (Å²) in [5.41, 5.74) is 1.37. The minimum Gasteiger partial charge on any atom is -0.370 e. The summed E-state index contributed by atoms with van der Waals surface area (Å²) in [4.78, 5) is 2.49. The molecule has 1 heteroatoms. The van der Waals surface area contributed by atoms with E-state index in [1.165, 1.54) is 18.5 Å². The summed E-state index contributed by atoms with van der Waals surface area (Å²) in [6.45, 7) is 8.58. The van der Waals surface area contributed by atoms with E-state index in [0.29, 0.717) is 6.04 Å². The molecule has 2 aliphatic rings. The molecule has 10 heavy (non-hydrogen) atoms. The fourth-order valence-corrected chi connectivity index (χ4v) is 2.18. The molecule has 0 spiro atoms. The number of nitrogens with zero attached hydrogens (tertiary/aromatic N) is 1. The molecule has 0 aromatic heterocycles. The van der Waals surface area contributed by atoms with Gasteiger partial charge < -0.3 is 4.90 Å². The molecule has 0 N–H and O–H groups in total. The smallest absolute Gasteiger partial charge is 0.0325 e. The topological polar surface area (TPSA) is 3.24 Å². The van der Waals surface area contributed by atoms with Gasteiger partial charge in [-0.2, -0.15) is 0 Å². The third-order valence-electron chi connectivity index (χ3n) is 2.66. The van der Waals surface area contributed by atoms with Crippen molar-refractivity contribution in [2.75, 3.05) is 0 Å². The van der Waals surface area contributed by atoms with E-state index >= 15 is 0 Å². The van der Waals surface area contributed by atoms with Crippen LogP contribution in [-0.2, 0) is 0 Å². The standard InChI is InChI=1S/C9H15N/c1-6(2)10-7(3)4-8-5-9(8)10/h6,8-9H,3-5H2,1-2H3. The molecule has 2 unspecified atom stereocenters. The van der Waals surface area contributed by atoms with Crippen LogP contribution in [-0.4, -0.2) is 17.0 Å². The van der Waals surface area contributed by atoms with E-state index in [0.717, 1.165) is 12.0 Å². The predicted molar refractivity (Wildman–Crippen MR) is 42.6 cm³/mol. The average molecular weight is 137 g/mol. The van der Waals surface area contributed by atoms with Crippen LogP contribution in [0.4, 0.5) is 0 Å². The maximum Gasteiger partial charge on any atom is 0.0325 e. The maximum absolute atomic E-state index is 4.06. The summed E-state index contributed by atoms with van der Waals surface area (Å²) >= 11 is 0. The first-order valence-electron chi connectivity index (χ1n) is 4.16. The average Bonchev–Trinajstić information content (AvgIpc) is 2.42. The Kier molecular flexibility index (Phi) is 1.11. The lowest BCUT2D eigenvalue weighted by molar-refractivity contribution is 0.293. The Morgan fingerprint density at radius 1 is 1.60 bits per heavy atom. The zero-order valence-corrected chi connectivity index (χ0v) is 6.80. The van der Waals surface area contributed by atoms with Crippen LogP contribution < -0.4 is 0 Å². The molecular formula is C9H15N. The third-order valence-corrected chi connectivity index (χ3v) is 2.66. The third kappa shape index (κ3) is 0.695. The zero-order valence-electron chi connectivity index (χ0n) is 6.80. The van der Waals surface area contributed by atoms with E-state index in [-0.39, 0.29) is 0 Å². The van der Waals surface area contributed by atoms with Crippen molar-refractivity contribution in [3.05, 3.63) is 12.3 Å². The van der Waals surface area contributed by atoms with E-state index in [1.54, 1.807) is 0 Å².